The Bertz CT molecular complexity index is 564. The first kappa shape index (κ1) is 12.2. The Morgan fingerprint density at radius 1 is 1.37 bits per heavy atom. The first-order valence-corrected chi connectivity index (χ1v) is 7.22. The van der Waals surface area contributed by atoms with Gasteiger partial charge in [0, 0.05) is 28.9 Å². The van der Waals surface area contributed by atoms with Crippen molar-refractivity contribution in [3.8, 4) is 0 Å². The van der Waals surface area contributed by atoms with E-state index in [1.54, 1.807) is 17.5 Å². The molecule has 1 aliphatic rings. The molecule has 1 aromatic carbocycles. The lowest BCUT2D eigenvalue weighted by atomic mass is 10.2. The number of hydrogen-bond donors (Lipinski definition) is 2. The van der Waals surface area contributed by atoms with Crippen molar-refractivity contribution in [2.75, 3.05) is 10.6 Å². The molecular weight excluding hydrogens is 258 g/mol. The number of nitrogens with one attached hydrogen (secondary N) is 2. The third kappa shape index (κ3) is 3.32. The minimum Gasteiger partial charge on any atom is -0.378 e. The van der Waals surface area contributed by atoms with E-state index in [1.165, 1.54) is 0 Å². The maximum atomic E-state index is 11.7. The molecule has 1 amide bonds. The van der Waals surface area contributed by atoms with Crippen LogP contribution in [0.2, 0.25) is 0 Å². The monoisotopic (exact) mass is 273 g/mol. The fourth-order valence-electron chi connectivity index (χ4n) is 1.81. The summed E-state index contributed by atoms with van der Waals surface area (Å²) in [5, 5.41) is 9.26. The second-order valence-corrected chi connectivity index (χ2v) is 5.60. The van der Waals surface area contributed by atoms with Gasteiger partial charge in [-0.3, -0.25) is 4.79 Å². The minimum absolute atomic E-state index is 0.136. The number of rotatable bonds is 5. The maximum Gasteiger partial charge on any atom is 0.227 e. The molecule has 98 valence electrons. The van der Waals surface area contributed by atoms with Crippen LogP contribution in [0.3, 0.4) is 0 Å². The lowest BCUT2D eigenvalue weighted by Crippen LogP contribution is -2.13. The van der Waals surface area contributed by atoms with E-state index >= 15 is 0 Å². The summed E-state index contributed by atoms with van der Waals surface area (Å²) in [4.78, 5) is 15.9. The normalized spacial score (nSPS) is 14.1. The first-order chi connectivity index (χ1) is 9.31. The Morgan fingerprint density at radius 3 is 2.95 bits per heavy atom. The van der Waals surface area contributed by atoms with E-state index in [1.807, 2.05) is 29.6 Å². The van der Waals surface area contributed by atoms with Crippen LogP contribution in [0.5, 0.6) is 0 Å². The van der Waals surface area contributed by atoms with Crippen LogP contribution >= 0.6 is 11.3 Å². The molecule has 5 heteroatoms. The van der Waals surface area contributed by atoms with Crippen molar-refractivity contribution in [3.63, 3.8) is 0 Å². The predicted molar refractivity (Wildman–Crippen MR) is 77.2 cm³/mol. The molecular formula is C14H15N3OS. The third-order valence-corrected chi connectivity index (χ3v) is 3.79. The standard InChI is InChI=1S/C14H15N3OS/c18-14(10-4-5-10)17-12-3-1-2-11(8-12)16-9-13-15-6-7-19-13/h1-3,6-8,10,16H,4-5,9H2,(H,17,18). The van der Waals surface area contributed by atoms with Gasteiger partial charge in [-0.2, -0.15) is 0 Å². The van der Waals surface area contributed by atoms with Gasteiger partial charge in [-0.25, -0.2) is 4.98 Å². The zero-order valence-corrected chi connectivity index (χ0v) is 11.2. The summed E-state index contributed by atoms with van der Waals surface area (Å²) in [6.45, 7) is 0.706. The van der Waals surface area contributed by atoms with E-state index in [2.05, 4.69) is 15.6 Å². The molecule has 1 aliphatic carbocycles. The number of amides is 1. The van der Waals surface area contributed by atoms with Gasteiger partial charge in [0.15, 0.2) is 0 Å². The number of anilines is 2. The van der Waals surface area contributed by atoms with Gasteiger partial charge in [0.1, 0.15) is 5.01 Å². The number of hydrogen-bond acceptors (Lipinski definition) is 4. The number of carbonyl (C=O) groups excluding carboxylic acids is 1. The molecule has 1 saturated carbocycles. The van der Waals surface area contributed by atoms with Gasteiger partial charge in [0.05, 0.1) is 6.54 Å². The van der Waals surface area contributed by atoms with Crippen molar-refractivity contribution in [2.24, 2.45) is 5.92 Å². The van der Waals surface area contributed by atoms with Gasteiger partial charge >= 0.3 is 0 Å². The van der Waals surface area contributed by atoms with Gasteiger partial charge in [-0.05, 0) is 31.0 Å². The van der Waals surface area contributed by atoms with Crippen LogP contribution in [0, 0.1) is 5.92 Å². The molecule has 0 unspecified atom stereocenters. The minimum atomic E-state index is 0.136. The number of carbonyl (C=O) groups is 1. The highest BCUT2D eigenvalue weighted by atomic mass is 32.1. The number of benzene rings is 1. The third-order valence-electron chi connectivity index (χ3n) is 3.01. The van der Waals surface area contributed by atoms with E-state index in [9.17, 15) is 4.79 Å². The van der Waals surface area contributed by atoms with Crippen molar-refractivity contribution in [1.29, 1.82) is 0 Å². The van der Waals surface area contributed by atoms with Crippen LogP contribution in [-0.4, -0.2) is 10.9 Å². The van der Waals surface area contributed by atoms with Crippen molar-refractivity contribution in [2.45, 2.75) is 19.4 Å². The predicted octanol–water partition coefficient (Wildman–Crippen LogP) is 3.10. The number of thiazole rings is 1. The molecule has 0 atom stereocenters. The van der Waals surface area contributed by atoms with Crippen LogP contribution in [0.1, 0.15) is 17.8 Å². The van der Waals surface area contributed by atoms with Crippen LogP contribution < -0.4 is 10.6 Å². The molecule has 0 radical (unpaired) electrons. The zero-order chi connectivity index (χ0) is 13.1. The smallest absolute Gasteiger partial charge is 0.227 e. The van der Waals surface area contributed by atoms with Crippen LogP contribution in [-0.2, 0) is 11.3 Å². The summed E-state index contributed by atoms with van der Waals surface area (Å²) >= 11 is 1.63. The Morgan fingerprint density at radius 2 is 2.21 bits per heavy atom. The lowest BCUT2D eigenvalue weighted by Gasteiger charge is -2.08. The van der Waals surface area contributed by atoms with Gasteiger partial charge in [0.25, 0.3) is 0 Å². The Kier molecular flexibility index (Phi) is 3.46. The largest absolute Gasteiger partial charge is 0.378 e. The molecule has 3 rings (SSSR count). The SMILES string of the molecule is O=C(Nc1cccc(NCc2nccs2)c1)C1CC1. The molecule has 2 N–H and O–H groups in total. The molecule has 1 fully saturated rings. The van der Waals surface area contributed by atoms with E-state index in [-0.39, 0.29) is 11.8 Å². The first-order valence-electron chi connectivity index (χ1n) is 6.34. The zero-order valence-electron chi connectivity index (χ0n) is 10.4. The molecule has 0 aliphatic heterocycles. The van der Waals surface area contributed by atoms with E-state index in [4.69, 9.17) is 0 Å². The summed E-state index contributed by atoms with van der Waals surface area (Å²) in [5.74, 6) is 0.365. The van der Waals surface area contributed by atoms with Crippen LogP contribution in [0.15, 0.2) is 35.8 Å². The molecule has 19 heavy (non-hydrogen) atoms. The quantitative estimate of drug-likeness (QED) is 0.880. The molecule has 0 saturated heterocycles. The Balaban J connectivity index is 1.60. The van der Waals surface area contributed by atoms with Crippen molar-refractivity contribution in [3.05, 3.63) is 40.8 Å². The van der Waals surface area contributed by atoms with Gasteiger partial charge in [-0.15, -0.1) is 11.3 Å². The molecule has 4 nitrogen and oxygen atoms in total. The highest BCUT2D eigenvalue weighted by molar-refractivity contribution is 7.09. The number of aromatic nitrogens is 1. The average molecular weight is 273 g/mol. The summed E-state index contributed by atoms with van der Waals surface area (Å²) in [6, 6.07) is 7.79. The highest BCUT2D eigenvalue weighted by Crippen LogP contribution is 2.30. The van der Waals surface area contributed by atoms with Crippen molar-refractivity contribution >= 4 is 28.6 Å². The van der Waals surface area contributed by atoms with Crippen molar-refractivity contribution in [1.82, 2.24) is 4.98 Å². The van der Waals surface area contributed by atoms with E-state index < -0.39 is 0 Å². The Hall–Kier alpha value is -1.88. The van der Waals surface area contributed by atoms with Crippen LogP contribution in [0.4, 0.5) is 11.4 Å². The second kappa shape index (κ2) is 5.40. The summed E-state index contributed by atoms with van der Waals surface area (Å²) in [7, 11) is 0. The fourth-order valence-corrected chi connectivity index (χ4v) is 2.37. The van der Waals surface area contributed by atoms with Gasteiger partial charge < -0.3 is 10.6 Å². The molecule has 2 aromatic rings. The van der Waals surface area contributed by atoms with E-state index in [0.29, 0.717) is 6.54 Å². The molecule has 0 spiro atoms. The molecule has 1 heterocycles. The summed E-state index contributed by atoms with van der Waals surface area (Å²) < 4.78 is 0. The Labute approximate surface area is 115 Å². The molecule has 1 aromatic heterocycles. The fraction of sp³-hybridized carbons (Fsp3) is 0.286. The summed E-state index contributed by atoms with van der Waals surface area (Å²) in [6.07, 6.45) is 3.84. The van der Waals surface area contributed by atoms with Gasteiger partial charge in [0.2, 0.25) is 5.91 Å². The second-order valence-electron chi connectivity index (χ2n) is 4.62. The average Bonchev–Trinajstić information content (AvgIpc) is 3.14. The van der Waals surface area contributed by atoms with Gasteiger partial charge in [-0.1, -0.05) is 6.07 Å². The maximum absolute atomic E-state index is 11.7. The van der Waals surface area contributed by atoms with Crippen LogP contribution in [0.25, 0.3) is 0 Å². The van der Waals surface area contributed by atoms with E-state index in [0.717, 1.165) is 29.2 Å². The number of nitrogens with zero attached hydrogens (tertiary/aromatic N) is 1. The van der Waals surface area contributed by atoms with Crippen molar-refractivity contribution < 1.29 is 4.79 Å². The highest BCUT2D eigenvalue weighted by Gasteiger charge is 2.29. The summed E-state index contributed by atoms with van der Waals surface area (Å²) in [5.41, 5.74) is 1.84. The molecule has 0 bridgehead atoms. The topological polar surface area (TPSA) is 54.0 Å². The lowest BCUT2D eigenvalue weighted by molar-refractivity contribution is -0.117.